The van der Waals surface area contributed by atoms with Crippen LogP contribution in [0.5, 0.6) is 0 Å². The van der Waals surface area contributed by atoms with E-state index in [0.717, 1.165) is 31.7 Å². The van der Waals surface area contributed by atoms with E-state index in [1.54, 1.807) is 11.8 Å². The Balaban J connectivity index is 2.20. The zero-order valence-electron chi connectivity index (χ0n) is 11.6. The average molecular weight is 397 g/mol. The number of rotatable bonds is 4. The van der Waals surface area contributed by atoms with Gasteiger partial charge in [-0.15, -0.1) is 0 Å². The van der Waals surface area contributed by atoms with E-state index in [9.17, 15) is 12.8 Å². The molecule has 118 valence electrons. The van der Waals surface area contributed by atoms with Gasteiger partial charge in [-0.25, -0.2) is 17.5 Å². The summed E-state index contributed by atoms with van der Waals surface area (Å²) in [6, 6.07) is 2.14. The lowest BCUT2D eigenvalue weighted by Gasteiger charge is -2.28. The second-order valence-corrected chi connectivity index (χ2v) is 8.82. The van der Waals surface area contributed by atoms with Crippen LogP contribution in [0.3, 0.4) is 0 Å². The van der Waals surface area contributed by atoms with Crippen molar-refractivity contribution in [2.75, 3.05) is 12.0 Å². The van der Waals surface area contributed by atoms with Crippen molar-refractivity contribution in [3.8, 4) is 0 Å². The summed E-state index contributed by atoms with van der Waals surface area (Å²) in [4.78, 5) is -0.0814. The maximum atomic E-state index is 13.4. The molecule has 1 aliphatic carbocycles. The number of benzene rings is 1. The Labute approximate surface area is 137 Å². The minimum Gasteiger partial charge on any atom is -0.398 e. The lowest BCUT2D eigenvalue weighted by molar-refractivity contribution is 0.421. The first-order chi connectivity index (χ1) is 9.83. The first-order valence-electron chi connectivity index (χ1n) is 6.63. The highest BCUT2D eigenvalue weighted by Gasteiger charge is 2.27. The summed E-state index contributed by atoms with van der Waals surface area (Å²) < 4.78 is 41.0. The largest absolute Gasteiger partial charge is 0.398 e. The number of nitrogens with two attached hydrogens (primary N) is 1. The lowest BCUT2D eigenvalue weighted by Crippen LogP contribution is -2.39. The molecule has 0 saturated heterocycles. The molecule has 4 nitrogen and oxygen atoms in total. The predicted octanol–water partition coefficient (Wildman–Crippen LogP) is 3.12. The molecule has 0 amide bonds. The third-order valence-electron chi connectivity index (χ3n) is 3.62. The van der Waals surface area contributed by atoms with E-state index in [-0.39, 0.29) is 21.1 Å². The van der Waals surface area contributed by atoms with Crippen LogP contribution in [0.2, 0.25) is 0 Å². The Morgan fingerprint density at radius 1 is 1.43 bits per heavy atom. The molecule has 1 saturated carbocycles. The molecule has 0 aromatic heterocycles. The van der Waals surface area contributed by atoms with Crippen molar-refractivity contribution >= 4 is 43.4 Å². The molecule has 3 N–H and O–H groups in total. The van der Waals surface area contributed by atoms with Crippen LogP contribution >= 0.6 is 27.7 Å². The Bertz CT molecular complexity index is 625. The average Bonchev–Trinajstić information content (AvgIpc) is 2.42. The molecule has 0 spiro atoms. The van der Waals surface area contributed by atoms with Gasteiger partial charge in [-0.2, -0.15) is 11.8 Å². The van der Waals surface area contributed by atoms with Gasteiger partial charge in [0.15, 0.2) is 0 Å². The lowest BCUT2D eigenvalue weighted by atomic mass is 9.96. The zero-order valence-corrected chi connectivity index (χ0v) is 14.8. The maximum absolute atomic E-state index is 13.4. The number of hydrogen-bond donors (Lipinski definition) is 2. The fourth-order valence-electron chi connectivity index (χ4n) is 2.53. The summed E-state index contributed by atoms with van der Waals surface area (Å²) in [7, 11) is -3.74. The number of nitrogens with one attached hydrogen (secondary N) is 1. The van der Waals surface area contributed by atoms with Gasteiger partial charge in [-0.1, -0.05) is 6.42 Å². The third kappa shape index (κ3) is 4.12. The first kappa shape index (κ1) is 17.1. The van der Waals surface area contributed by atoms with Gasteiger partial charge in [0.2, 0.25) is 10.0 Å². The number of halogens is 2. The van der Waals surface area contributed by atoms with Crippen molar-refractivity contribution in [2.24, 2.45) is 0 Å². The van der Waals surface area contributed by atoms with E-state index in [2.05, 4.69) is 20.7 Å². The summed E-state index contributed by atoms with van der Waals surface area (Å²) in [5, 5.41) is 0.476. The quantitative estimate of drug-likeness (QED) is 0.766. The van der Waals surface area contributed by atoms with E-state index in [4.69, 9.17) is 5.73 Å². The molecule has 1 aromatic carbocycles. The van der Waals surface area contributed by atoms with Crippen molar-refractivity contribution in [1.29, 1.82) is 0 Å². The Hall–Kier alpha value is -0.310. The van der Waals surface area contributed by atoms with E-state index >= 15 is 0 Å². The molecule has 0 heterocycles. The van der Waals surface area contributed by atoms with Gasteiger partial charge in [0, 0.05) is 11.3 Å². The van der Waals surface area contributed by atoms with E-state index in [1.165, 1.54) is 6.07 Å². The number of sulfonamides is 1. The molecule has 2 unspecified atom stereocenters. The minimum atomic E-state index is -3.74. The SMILES string of the molecule is CSC1CCCC(NS(=O)(=O)c2cc(Br)c(F)cc2N)C1. The van der Waals surface area contributed by atoms with Crippen LogP contribution in [-0.2, 0) is 10.0 Å². The Morgan fingerprint density at radius 3 is 2.81 bits per heavy atom. The van der Waals surface area contributed by atoms with Gasteiger partial charge in [-0.3, -0.25) is 0 Å². The van der Waals surface area contributed by atoms with E-state index in [0.29, 0.717) is 5.25 Å². The van der Waals surface area contributed by atoms with Crippen LogP contribution in [-0.4, -0.2) is 26.0 Å². The van der Waals surface area contributed by atoms with Crippen LogP contribution < -0.4 is 10.5 Å². The summed E-state index contributed by atoms with van der Waals surface area (Å²) in [6.45, 7) is 0. The number of anilines is 1. The molecular formula is C13H18BrFN2O2S2. The predicted molar refractivity (Wildman–Crippen MR) is 88.4 cm³/mol. The van der Waals surface area contributed by atoms with Crippen LogP contribution in [0.15, 0.2) is 21.5 Å². The molecule has 21 heavy (non-hydrogen) atoms. The molecule has 1 aliphatic rings. The van der Waals surface area contributed by atoms with Gasteiger partial charge in [0.05, 0.1) is 10.2 Å². The van der Waals surface area contributed by atoms with Crippen LogP contribution in [0.1, 0.15) is 25.7 Å². The Kier molecular flexibility index (Phi) is 5.56. The third-order valence-corrected chi connectivity index (χ3v) is 6.90. The molecule has 2 rings (SSSR count). The fourth-order valence-corrected chi connectivity index (χ4v) is 5.27. The van der Waals surface area contributed by atoms with Gasteiger partial charge < -0.3 is 5.73 Å². The van der Waals surface area contributed by atoms with Crippen LogP contribution in [0, 0.1) is 5.82 Å². The van der Waals surface area contributed by atoms with Crippen molar-refractivity contribution in [3.05, 3.63) is 22.4 Å². The number of thioether (sulfide) groups is 1. The fraction of sp³-hybridized carbons (Fsp3) is 0.538. The second kappa shape index (κ2) is 6.85. The second-order valence-electron chi connectivity index (χ2n) is 5.15. The summed E-state index contributed by atoms with van der Waals surface area (Å²) in [5.41, 5.74) is 5.57. The smallest absolute Gasteiger partial charge is 0.242 e. The van der Waals surface area contributed by atoms with Crippen molar-refractivity contribution in [2.45, 2.75) is 41.9 Å². The zero-order chi connectivity index (χ0) is 15.6. The topological polar surface area (TPSA) is 72.2 Å². The number of nitrogen functional groups attached to an aromatic ring is 1. The first-order valence-corrected chi connectivity index (χ1v) is 10.2. The van der Waals surface area contributed by atoms with Crippen molar-refractivity contribution < 1.29 is 12.8 Å². The highest BCUT2D eigenvalue weighted by molar-refractivity contribution is 9.10. The highest BCUT2D eigenvalue weighted by Crippen LogP contribution is 2.30. The maximum Gasteiger partial charge on any atom is 0.242 e. The molecular weight excluding hydrogens is 379 g/mol. The van der Waals surface area contributed by atoms with Crippen molar-refractivity contribution in [3.63, 3.8) is 0 Å². The van der Waals surface area contributed by atoms with Crippen molar-refractivity contribution in [1.82, 2.24) is 4.72 Å². The molecule has 2 atom stereocenters. The van der Waals surface area contributed by atoms with Crippen LogP contribution in [0.4, 0.5) is 10.1 Å². The minimum absolute atomic E-state index is 0.0814. The summed E-state index contributed by atoms with van der Waals surface area (Å²) in [5.74, 6) is -0.577. The van der Waals surface area contributed by atoms with Gasteiger partial charge in [0.25, 0.3) is 0 Å². The highest BCUT2D eigenvalue weighted by atomic mass is 79.9. The number of hydrogen-bond acceptors (Lipinski definition) is 4. The monoisotopic (exact) mass is 396 g/mol. The van der Waals surface area contributed by atoms with Gasteiger partial charge in [-0.05, 0) is 53.6 Å². The molecule has 1 aromatic rings. The molecule has 0 radical (unpaired) electrons. The van der Waals surface area contributed by atoms with Gasteiger partial charge >= 0.3 is 0 Å². The molecule has 0 bridgehead atoms. The molecule has 8 heteroatoms. The molecule has 1 fully saturated rings. The standard InChI is InChI=1S/C13H18BrFN2O2S2/c1-20-9-4-2-3-8(5-9)17-21(18,19)13-6-10(14)11(15)7-12(13)16/h6-9,17H,2-5,16H2,1H3. The van der Waals surface area contributed by atoms with E-state index < -0.39 is 15.8 Å². The molecule has 0 aliphatic heterocycles. The Morgan fingerprint density at radius 2 is 2.14 bits per heavy atom. The van der Waals surface area contributed by atoms with E-state index in [1.807, 2.05) is 6.26 Å². The normalized spacial score (nSPS) is 23.2. The summed E-state index contributed by atoms with van der Waals surface area (Å²) >= 11 is 4.75. The van der Waals surface area contributed by atoms with Crippen LogP contribution in [0.25, 0.3) is 0 Å². The van der Waals surface area contributed by atoms with Gasteiger partial charge in [0.1, 0.15) is 10.7 Å². The summed E-state index contributed by atoms with van der Waals surface area (Å²) in [6.07, 6.45) is 5.78.